The molecule has 0 aromatic heterocycles. The Morgan fingerprint density at radius 3 is 2.59 bits per heavy atom. The average Bonchev–Trinajstić information content (AvgIpc) is 2.85. The Morgan fingerprint density at radius 2 is 1.96 bits per heavy atom. The number of alkyl halides is 3. The highest BCUT2D eigenvalue weighted by Gasteiger charge is 2.71. The molecule has 4 aliphatic rings. The summed E-state index contributed by atoms with van der Waals surface area (Å²) in [5.74, 6) is -0.639. The van der Waals surface area contributed by atoms with Crippen LogP contribution in [-0.4, -0.2) is 28.2 Å². The molecule has 0 bridgehead atoms. The third-order valence-corrected chi connectivity index (χ3v) is 9.47. The molecule has 0 radical (unpaired) electrons. The molecule has 3 saturated carbocycles. The maximum atomic E-state index is 16.9. The van der Waals surface area contributed by atoms with Gasteiger partial charge in [0.2, 0.25) is 0 Å². The van der Waals surface area contributed by atoms with E-state index in [0.29, 0.717) is 6.42 Å². The van der Waals surface area contributed by atoms with Gasteiger partial charge in [0.25, 0.3) is 0 Å². The molecule has 5 heteroatoms. The number of carbonyl (C=O) groups is 2. The molecule has 0 N–H and O–H groups in total. The number of allylic oxidation sites excluding steroid dienone is 4. The summed E-state index contributed by atoms with van der Waals surface area (Å²) in [6.45, 7) is 7.55. The van der Waals surface area contributed by atoms with Crippen molar-refractivity contribution in [3.05, 3.63) is 23.8 Å². The standard InChI is InChI=1S/C22H27BrF2O2/c1-11-9-14-17-18(23)19(24)15-10-13(27)5-6-21(15,4)22(17,25)8-7-20(14,3)16(11)12(2)26/h5-6,10-11,14,16-19H,7-9H2,1-4H3/t11?,14-,16+,17+,18?,19?,20-,21-,22+/m0/s1. The quantitative estimate of drug-likeness (QED) is 0.527. The molecule has 2 nitrogen and oxygen atoms in total. The molecule has 0 amide bonds. The number of hydrogen-bond acceptors (Lipinski definition) is 2. The van der Waals surface area contributed by atoms with Gasteiger partial charge in [0.1, 0.15) is 17.6 Å². The van der Waals surface area contributed by atoms with Crippen LogP contribution in [0.3, 0.4) is 0 Å². The molecular weight excluding hydrogens is 414 g/mol. The lowest BCUT2D eigenvalue weighted by Crippen LogP contribution is -2.66. The van der Waals surface area contributed by atoms with Crippen molar-refractivity contribution < 1.29 is 18.4 Å². The summed E-state index contributed by atoms with van der Waals surface area (Å²) in [7, 11) is 0. The predicted octanol–water partition coefficient (Wildman–Crippen LogP) is 5.16. The Kier molecular flexibility index (Phi) is 4.21. The molecule has 0 spiro atoms. The van der Waals surface area contributed by atoms with Crippen molar-refractivity contribution >= 4 is 27.5 Å². The summed E-state index contributed by atoms with van der Waals surface area (Å²) < 4.78 is 32.3. The lowest BCUT2D eigenvalue weighted by molar-refractivity contribution is -0.144. The third kappa shape index (κ3) is 2.27. The molecule has 0 saturated heterocycles. The number of Topliss-reactive ketones (excluding diaryl/α,β-unsaturated/α-hetero) is 1. The second-order valence-corrected chi connectivity index (χ2v) is 10.7. The fourth-order valence-corrected chi connectivity index (χ4v) is 8.33. The molecule has 0 aliphatic heterocycles. The van der Waals surface area contributed by atoms with Gasteiger partial charge in [-0.1, -0.05) is 35.9 Å². The van der Waals surface area contributed by atoms with Gasteiger partial charge in [-0.05, 0) is 68.1 Å². The highest BCUT2D eigenvalue weighted by molar-refractivity contribution is 9.09. The van der Waals surface area contributed by atoms with Gasteiger partial charge in [-0.3, -0.25) is 9.59 Å². The van der Waals surface area contributed by atoms with Gasteiger partial charge in [0.05, 0.1) is 4.83 Å². The van der Waals surface area contributed by atoms with Crippen LogP contribution in [0.5, 0.6) is 0 Å². The van der Waals surface area contributed by atoms with Crippen LogP contribution in [0.25, 0.3) is 0 Å². The minimum Gasteiger partial charge on any atom is -0.300 e. The molecule has 9 atom stereocenters. The first-order valence-electron chi connectivity index (χ1n) is 9.90. The summed E-state index contributed by atoms with van der Waals surface area (Å²) in [6, 6.07) is 0. The zero-order valence-electron chi connectivity index (χ0n) is 16.3. The number of rotatable bonds is 1. The van der Waals surface area contributed by atoms with Crippen molar-refractivity contribution in [3.8, 4) is 0 Å². The van der Waals surface area contributed by atoms with Gasteiger partial charge < -0.3 is 0 Å². The van der Waals surface area contributed by atoms with Crippen LogP contribution in [0.4, 0.5) is 8.78 Å². The van der Waals surface area contributed by atoms with Crippen LogP contribution in [0.2, 0.25) is 0 Å². The van der Waals surface area contributed by atoms with E-state index in [4.69, 9.17) is 0 Å². The van der Waals surface area contributed by atoms with Crippen LogP contribution >= 0.6 is 15.9 Å². The van der Waals surface area contributed by atoms with Gasteiger partial charge in [-0.25, -0.2) is 8.78 Å². The van der Waals surface area contributed by atoms with Crippen LogP contribution in [0.1, 0.15) is 47.0 Å². The van der Waals surface area contributed by atoms with E-state index in [9.17, 15) is 9.59 Å². The van der Waals surface area contributed by atoms with Crippen molar-refractivity contribution in [3.63, 3.8) is 0 Å². The molecule has 148 valence electrons. The first-order chi connectivity index (χ1) is 12.5. The molecule has 3 unspecified atom stereocenters. The lowest BCUT2D eigenvalue weighted by Gasteiger charge is -2.62. The van der Waals surface area contributed by atoms with E-state index in [-0.39, 0.29) is 46.7 Å². The van der Waals surface area contributed by atoms with Crippen molar-refractivity contribution in [1.82, 2.24) is 0 Å². The van der Waals surface area contributed by atoms with Crippen LogP contribution in [0, 0.1) is 34.5 Å². The van der Waals surface area contributed by atoms with Gasteiger partial charge in [0, 0.05) is 17.3 Å². The number of ketones is 2. The number of fused-ring (bicyclic) bond motifs is 5. The Labute approximate surface area is 168 Å². The average molecular weight is 441 g/mol. The number of carbonyl (C=O) groups excluding carboxylic acids is 2. The summed E-state index contributed by atoms with van der Waals surface area (Å²) in [4.78, 5) is 23.6. The number of hydrogen-bond donors (Lipinski definition) is 0. The van der Waals surface area contributed by atoms with E-state index >= 15 is 8.78 Å². The normalized spacial score (nSPS) is 54.0. The molecule has 4 aliphatic carbocycles. The van der Waals surface area contributed by atoms with Crippen molar-refractivity contribution in [2.24, 2.45) is 34.5 Å². The monoisotopic (exact) mass is 440 g/mol. The zero-order valence-corrected chi connectivity index (χ0v) is 17.9. The summed E-state index contributed by atoms with van der Waals surface area (Å²) >= 11 is 3.50. The molecule has 0 heterocycles. The Balaban J connectivity index is 1.85. The Bertz CT molecular complexity index is 776. The molecule has 0 aromatic carbocycles. The minimum absolute atomic E-state index is 0.0628. The van der Waals surface area contributed by atoms with Crippen LogP contribution < -0.4 is 0 Å². The van der Waals surface area contributed by atoms with Gasteiger partial charge >= 0.3 is 0 Å². The first kappa shape index (κ1) is 19.5. The summed E-state index contributed by atoms with van der Waals surface area (Å²) in [6.07, 6.45) is 4.48. The van der Waals surface area contributed by atoms with Gasteiger partial charge in [-0.2, -0.15) is 0 Å². The third-order valence-electron chi connectivity index (χ3n) is 8.44. The zero-order chi connectivity index (χ0) is 19.9. The van der Waals surface area contributed by atoms with Crippen molar-refractivity contribution in [1.29, 1.82) is 0 Å². The molecule has 27 heavy (non-hydrogen) atoms. The molecule has 3 fully saturated rings. The molecule has 4 rings (SSSR count). The van der Waals surface area contributed by atoms with E-state index in [2.05, 4.69) is 29.8 Å². The largest absolute Gasteiger partial charge is 0.300 e. The minimum atomic E-state index is -1.64. The SMILES string of the molecule is CC(=O)[C@H]1C(C)C[C@H]2[C@@H]3C(Br)C(F)C4=CC(=O)C=C[C@]4(C)[C@@]3(F)CC[C@]12C. The fraction of sp³-hybridized carbons (Fsp3) is 0.727. The Morgan fingerprint density at radius 1 is 1.30 bits per heavy atom. The fourth-order valence-electron chi connectivity index (χ4n) is 7.26. The predicted molar refractivity (Wildman–Crippen MR) is 104 cm³/mol. The molecule has 0 aromatic rings. The van der Waals surface area contributed by atoms with Gasteiger partial charge in [-0.15, -0.1) is 0 Å². The lowest BCUT2D eigenvalue weighted by atomic mass is 9.45. The van der Waals surface area contributed by atoms with E-state index in [1.54, 1.807) is 19.9 Å². The maximum absolute atomic E-state index is 16.9. The van der Waals surface area contributed by atoms with Crippen molar-refractivity contribution in [2.45, 2.75) is 63.6 Å². The smallest absolute Gasteiger partial charge is 0.178 e. The van der Waals surface area contributed by atoms with E-state index in [1.165, 1.54) is 12.2 Å². The first-order valence-corrected chi connectivity index (χ1v) is 10.8. The Hall–Kier alpha value is -0.840. The van der Waals surface area contributed by atoms with E-state index < -0.39 is 28.0 Å². The highest BCUT2D eigenvalue weighted by Crippen LogP contribution is 2.70. The van der Waals surface area contributed by atoms with Crippen LogP contribution in [0.15, 0.2) is 23.8 Å². The second-order valence-electron chi connectivity index (χ2n) is 9.69. The van der Waals surface area contributed by atoms with Gasteiger partial charge in [0.15, 0.2) is 5.78 Å². The van der Waals surface area contributed by atoms with Crippen molar-refractivity contribution in [2.75, 3.05) is 0 Å². The second kappa shape index (κ2) is 5.84. The molecular formula is C22H27BrF2O2. The maximum Gasteiger partial charge on any atom is 0.178 e. The highest BCUT2D eigenvalue weighted by atomic mass is 79.9. The summed E-state index contributed by atoms with van der Waals surface area (Å²) in [5.41, 5.74) is -2.80. The summed E-state index contributed by atoms with van der Waals surface area (Å²) in [5, 5.41) is 0. The van der Waals surface area contributed by atoms with Crippen LogP contribution in [-0.2, 0) is 9.59 Å². The van der Waals surface area contributed by atoms with E-state index in [1.807, 2.05) is 0 Å². The van der Waals surface area contributed by atoms with E-state index in [0.717, 1.165) is 6.42 Å². The topological polar surface area (TPSA) is 34.1 Å². The number of halogens is 3.